The Kier molecular flexibility index (Phi) is 7.71. The van der Waals surface area contributed by atoms with Crippen LogP contribution >= 0.6 is 0 Å². The van der Waals surface area contributed by atoms with Crippen LogP contribution in [0.5, 0.6) is 5.88 Å². The molecule has 0 unspecified atom stereocenters. The minimum absolute atomic E-state index is 0.169. The molecule has 5 atom stereocenters. The maximum atomic E-state index is 13.3. The number of aliphatic hydroxyl groups excluding tert-OH is 4. The minimum atomic E-state index is -4.56. The Bertz CT molecular complexity index is 1890. The summed E-state index contributed by atoms with van der Waals surface area (Å²) in [6, 6.07) is 25.2. The fraction of sp³-hybridized carbons (Fsp3) is 0.212. The standard InChI is InChI=1S/C33H25F3N2O6/c34-33(35,36)21-10-7-18(8-11-21)24-14-26(20-9-12-23-19(13-20)6-5-17-3-1-2-4-22(17)23)38-31(25(24)15-37)44-32-30(42)29(41)28(40)27(16-39)43-32/h1-14,27-30,32,39-42H,16H2/t27-,28-,29+,30-,32+/m1/s1. The second-order valence-corrected chi connectivity index (χ2v) is 10.5. The first-order valence-corrected chi connectivity index (χ1v) is 13.6. The zero-order valence-electron chi connectivity index (χ0n) is 22.8. The van der Waals surface area contributed by atoms with E-state index in [4.69, 9.17) is 9.47 Å². The van der Waals surface area contributed by atoms with Gasteiger partial charge in [-0.15, -0.1) is 0 Å². The number of alkyl halides is 3. The number of rotatable bonds is 5. The van der Waals surface area contributed by atoms with Crippen molar-refractivity contribution in [1.82, 2.24) is 4.98 Å². The van der Waals surface area contributed by atoms with Gasteiger partial charge in [0.2, 0.25) is 12.2 Å². The summed E-state index contributed by atoms with van der Waals surface area (Å²) < 4.78 is 51.1. The number of halogens is 3. The first-order chi connectivity index (χ1) is 21.1. The van der Waals surface area contributed by atoms with Crippen molar-refractivity contribution in [3.05, 3.63) is 96.1 Å². The highest BCUT2D eigenvalue weighted by Gasteiger charge is 2.45. The maximum Gasteiger partial charge on any atom is 0.416 e. The van der Waals surface area contributed by atoms with Gasteiger partial charge in [-0.3, -0.25) is 0 Å². The normalized spacial score (nSPS) is 22.2. The van der Waals surface area contributed by atoms with Gasteiger partial charge < -0.3 is 29.9 Å². The highest BCUT2D eigenvalue weighted by atomic mass is 19.4. The molecular formula is C33H25F3N2O6. The van der Waals surface area contributed by atoms with Crippen LogP contribution in [0.3, 0.4) is 0 Å². The average molecular weight is 603 g/mol. The minimum Gasteiger partial charge on any atom is -0.444 e. The fourth-order valence-electron chi connectivity index (χ4n) is 5.38. The largest absolute Gasteiger partial charge is 0.444 e. The third kappa shape index (κ3) is 5.34. The zero-order valence-corrected chi connectivity index (χ0v) is 22.8. The van der Waals surface area contributed by atoms with E-state index >= 15 is 0 Å². The van der Waals surface area contributed by atoms with Crippen LogP contribution in [0.4, 0.5) is 13.2 Å². The van der Waals surface area contributed by atoms with Crippen LogP contribution in [0, 0.1) is 11.3 Å². The third-order valence-electron chi connectivity index (χ3n) is 7.74. The number of pyridine rings is 1. The van der Waals surface area contributed by atoms with E-state index in [1.807, 2.05) is 60.7 Å². The molecule has 0 amide bonds. The molecule has 2 heterocycles. The average Bonchev–Trinajstić information content (AvgIpc) is 3.04. The predicted molar refractivity (Wildman–Crippen MR) is 154 cm³/mol. The molecule has 4 N–H and O–H groups in total. The van der Waals surface area contributed by atoms with Gasteiger partial charge in [-0.2, -0.15) is 18.4 Å². The second-order valence-electron chi connectivity index (χ2n) is 10.5. The highest BCUT2D eigenvalue weighted by molar-refractivity contribution is 6.08. The van der Waals surface area contributed by atoms with E-state index in [2.05, 4.69) is 4.98 Å². The molecule has 6 rings (SSSR count). The number of nitrogens with zero attached hydrogens (tertiary/aromatic N) is 2. The molecule has 1 fully saturated rings. The fourth-order valence-corrected chi connectivity index (χ4v) is 5.38. The number of aliphatic hydroxyl groups is 4. The van der Waals surface area contributed by atoms with Crippen molar-refractivity contribution in [1.29, 1.82) is 5.26 Å². The molecule has 11 heteroatoms. The van der Waals surface area contributed by atoms with Crippen molar-refractivity contribution in [2.45, 2.75) is 36.9 Å². The van der Waals surface area contributed by atoms with Crippen LogP contribution in [0.25, 0.3) is 43.9 Å². The molecule has 1 aromatic heterocycles. The van der Waals surface area contributed by atoms with Crippen LogP contribution in [0.15, 0.2) is 84.9 Å². The lowest BCUT2D eigenvalue weighted by Crippen LogP contribution is -2.60. The molecule has 0 spiro atoms. The summed E-state index contributed by atoms with van der Waals surface area (Å²) in [5, 5.41) is 54.7. The number of benzene rings is 4. The van der Waals surface area contributed by atoms with Gasteiger partial charge >= 0.3 is 6.18 Å². The molecule has 44 heavy (non-hydrogen) atoms. The van der Waals surface area contributed by atoms with Crippen molar-refractivity contribution in [3.63, 3.8) is 0 Å². The number of hydrogen-bond acceptors (Lipinski definition) is 8. The molecule has 224 valence electrons. The van der Waals surface area contributed by atoms with E-state index in [-0.39, 0.29) is 22.6 Å². The van der Waals surface area contributed by atoms with Crippen LogP contribution in [-0.2, 0) is 10.9 Å². The van der Waals surface area contributed by atoms with Gasteiger partial charge in [0.1, 0.15) is 36.0 Å². The van der Waals surface area contributed by atoms with Crippen LogP contribution in [-0.4, -0.2) is 62.7 Å². The van der Waals surface area contributed by atoms with E-state index in [1.165, 1.54) is 12.1 Å². The van der Waals surface area contributed by atoms with Crippen LogP contribution < -0.4 is 4.74 Å². The van der Waals surface area contributed by atoms with E-state index in [1.54, 1.807) is 6.07 Å². The van der Waals surface area contributed by atoms with Crippen molar-refractivity contribution in [2.75, 3.05) is 6.61 Å². The van der Waals surface area contributed by atoms with E-state index in [0.717, 1.165) is 33.7 Å². The van der Waals surface area contributed by atoms with Gasteiger partial charge in [-0.25, -0.2) is 4.98 Å². The molecule has 0 saturated carbocycles. The number of nitriles is 1. The lowest BCUT2D eigenvalue weighted by Gasteiger charge is -2.39. The van der Waals surface area contributed by atoms with E-state index in [9.17, 15) is 38.9 Å². The summed E-state index contributed by atoms with van der Waals surface area (Å²) in [4.78, 5) is 4.53. The first kappa shape index (κ1) is 29.5. The first-order valence-electron chi connectivity index (χ1n) is 13.6. The molecule has 5 aromatic rings. The Labute approximate surface area is 248 Å². The number of ether oxygens (including phenoxy) is 2. The Morgan fingerprint density at radius 1 is 0.818 bits per heavy atom. The predicted octanol–water partition coefficient (Wildman–Crippen LogP) is 4.79. The molecule has 1 aliphatic rings. The third-order valence-corrected chi connectivity index (χ3v) is 7.74. The monoisotopic (exact) mass is 602 g/mol. The van der Waals surface area contributed by atoms with Crippen molar-refractivity contribution in [2.24, 2.45) is 0 Å². The summed E-state index contributed by atoms with van der Waals surface area (Å²) in [5.74, 6) is -0.331. The molecular weight excluding hydrogens is 577 g/mol. The Hall–Kier alpha value is -4.57. The topological polar surface area (TPSA) is 136 Å². The second kappa shape index (κ2) is 11.5. The maximum absolute atomic E-state index is 13.3. The van der Waals surface area contributed by atoms with Gasteiger partial charge in [-0.05, 0) is 51.4 Å². The van der Waals surface area contributed by atoms with Crippen molar-refractivity contribution < 1.29 is 43.1 Å². The molecule has 4 aromatic carbocycles. The van der Waals surface area contributed by atoms with Gasteiger partial charge in [0, 0.05) is 11.1 Å². The van der Waals surface area contributed by atoms with E-state index < -0.39 is 49.1 Å². The number of aromatic nitrogens is 1. The summed E-state index contributed by atoms with van der Waals surface area (Å²) >= 11 is 0. The zero-order chi connectivity index (χ0) is 31.2. The van der Waals surface area contributed by atoms with Gasteiger partial charge in [0.25, 0.3) is 0 Å². The molecule has 0 bridgehead atoms. The Morgan fingerprint density at radius 3 is 2.20 bits per heavy atom. The molecule has 1 saturated heterocycles. The molecule has 8 nitrogen and oxygen atoms in total. The lowest BCUT2D eigenvalue weighted by atomic mass is 9.96. The van der Waals surface area contributed by atoms with Gasteiger partial charge in [0.15, 0.2) is 0 Å². The molecule has 1 aliphatic heterocycles. The summed E-state index contributed by atoms with van der Waals surface area (Å²) in [5.41, 5.74) is 0.330. The van der Waals surface area contributed by atoms with Crippen LogP contribution in [0.2, 0.25) is 0 Å². The molecule has 0 aliphatic carbocycles. The smallest absolute Gasteiger partial charge is 0.416 e. The van der Waals surface area contributed by atoms with Crippen molar-refractivity contribution in [3.8, 4) is 34.3 Å². The van der Waals surface area contributed by atoms with Crippen molar-refractivity contribution >= 4 is 21.5 Å². The summed E-state index contributed by atoms with van der Waals surface area (Å²) in [6.07, 6.45) is -12.7. The Balaban J connectivity index is 1.50. The lowest BCUT2D eigenvalue weighted by molar-refractivity contribution is -0.278. The number of fused-ring (bicyclic) bond motifs is 3. The van der Waals surface area contributed by atoms with E-state index in [0.29, 0.717) is 11.3 Å². The highest BCUT2D eigenvalue weighted by Crippen LogP contribution is 2.38. The van der Waals surface area contributed by atoms with Gasteiger partial charge in [0.05, 0.1) is 17.9 Å². The quantitative estimate of drug-likeness (QED) is 0.211. The summed E-state index contributed by atoms with van der Waals surface area (Å²) in [7, 11) is 0. The molecule has 0 radical (unpaired) electrons. The van der Waals surface area contributed by atoms with Crippen LogP contribution in [0.1, 0.15) is 11.1 Å². The SMILES string of the molecule is N#Cc1c(-c2ccc(C(F)(F)F)cc2)cc(-c2ccc3c(ccc4ccccc43)c2)nc1O[C@@H]1O[C@H](CO)[C@@H](O)[C@H](O)[C@H]1O. The number of hydrogen-bond donors (Lipinski definition) is 4. The van der Waals surface area contributed by atoms with Gasteiger partial charge in [-0.1, -0.05) is 60.7 Å². The summed E-state index contributed by atoms with van der Waals surface area (Å²) in [6.45, 7) is -0.702. The Morgan fingerprint density at radius 2 is 1.50 bits per heavy atom.